The molecule has 0 aliphatic heterocycles. The molecule has 4 N–H and O–H groups in total. The van der Waals surface area contributed by atoms with Crippen molar-refractivity contribution in [3.05, 3.63) is 46.4 Å². The van der Waals surface area contributed by atoms with Crippen LogP contribution in [-0.4, -0.2) is 31.8 Å². The van der Waals surface area contributed by atoms with Crippen molar-refractivity contribution in [3.63, 3.8) is 0 Å². The topological polar surface area (TPSA) is 106 Å². The molecular formula is C19H20N2O4. The summed E-state index contributed by atoms with van der Waals surface area (Å²) in [6, 6.07) is 7.45. The number of fused-ring (bicyclic) bond motifs is 3. The molecule has 3 aromatic rings. The molecule has 25 heavy (non-hydrogen) atoms. The van der Waals surface area contributed by atoms with E-state index in [0.29, 0.717) is 5.52 Å². The molecule has 2 heterocycles. The van der Waals surface area contributed by atoms with E-state index in [1.54, 1.807) is 27.0 Å². The molecule has 0 aliphatic carbocycles. The third-order valence-corrected chi connectivity index (χ3v) is 3.35. The van der Waals surface area contributed by atoms with Gasteiger partial charge < -0.3 is 20.2 Å². The lowest BCUT2D eigenvalue weighted by Crippen LogP contribution is -2.14. The Labute approximate surface area is 144 Å². The molecule has 6 nitrogen and oxygen atoms in total. The van der Waals surface area contributed by atoms with E-state index in [4.69, 9.17) is 5.11 Å². The van der Waals surface area contributed by atoms with Crippen LogP contribution in [0, 0.1) is 11.8 Å². The van der Waals surface area contributed by atoms with Crippen LogP contribution in [0.15, 0.2) is 35.3 Å². The van der Waals surface area contributed by atoms with Crippen LogP contribution in [0.25, 0.3) is 21.8 Å². The predicted molar refractivity (Wildman–Crippen MR) is 97.5 cm³/mol. The summed E-state index contributed by atoms with van der Waals surface area (Å²) in [4.78, 5) is 27.0. The highest BCUT2D eigenvalue weighted by Gasteiger charge is 2.08. The second-order valence-corrected chi connectivity index (χ2v) is 6.04. The third-order valence-electron chi connectivity index (χ3n) is 3.35. The minimum absolute atomic E-state index is 0.132. The van der Waals surface area contributed by atoms with Gasteiger partial charge in [0, 0.05) is 34.5 Å². The number of aromatic nitrogens is 2. The van der Waals surface area contributed by atoms with Gasteiger partial charge in [0.05, 0.1) is 0 Å². The van der Waals surface area contributed by atoms with E-state index in [9.17, 15) is 14.7 Å². The molecule has 0 saturated heterocycles. The SMILES string of the molecule is CC(C)(O)C#Cc1ccc2[nH]c(=O)c3[nH]ccc3c2c1.CCC(=O)O. The van der Waals surface area contributed by atoms with Crippen molar-refractivity contribution in [3.8, 4) is 11.8 Å². The van der Waals surface area contributed by atoms with Gasteiger partial charge in [-0.15, -0.1) is 0 Å². The van der Waals surface area contributed by atoms with E-state index in [0.717, 1.165) is 21.9 Å². The van der Waals surface area contributed by atoms with E-state index in [-0.39, 0.29) is 12.0 Å². The summed E-state index contributed by atoms with van der Waals surface area (Å²) in [7, 11) is 0. The molecule has 130 valence electrons. The molecule has 0 fully saturated rings. The number of benzene rings is 1. The number of H-pyrrole nitrogens is 2. The van der Waals surface area contributed by atoms with Crippen LogP contribution in [-0.2, 0) is 4.79 Å². The molecule has 0 aliphatic rings. The van der Waals surface area contributed by atoms with Gasteiger partial charge in [0.1, 0.15) is 11.1 Å². The summed E-state index contributed by atoms with van der Waals surface area (Å²) in [6.07, 6.45) is 1.97. The Morgan fingerprint density at radius 2 is 1.92 bits per heavy atom. The zero-order valence-corrected chi connectivity index (χ0v) is 14.3. The van der Waals surface area contributed by atoms with Crippen molar-refractivity contribution in [1.82, 2.24) is 9.97 Å². The second kappa shape index (κ2) is 7.24. The van der Waals surface area contributed by atoms with E-state index in [2.05, 4.69) is 21.8 Å². The molecule has 3 rings (SSSR count). The summed E-state index contributed by atoms with van der Waals surface area (Å²) >= 11 is 0. The normalized spacial score (nSPS) is 10.7. The number of hydrogen-bond acceptors (Lipinski definition) is 3. The van der Waals surface area contributed by atoms with Gasteiger partial charge in [-0.1, -0.05) is 18.8 Å². The average molecular weight is 340 g/mol. The van der Waals surface area contributed by atoms with Crippen LogP contribution in [0.5, 0.6) is 0 Å². The maximum Gasteiger partial charge on any atom is 0.303 e. The smallest absolute Gasteiger partial charge is 0.303 e. The van der Waals surface area contributed by atoms with Crippen molar-refractivity contribution in [2.45, 2.75) is 32.8 Å². The molecule has 0 saturated carbocycles. The fraction of sp³-hybridized carbons (Fsp3) is 0.263. The maximum atomic E-state index is 11.8. The summed E-state index contributed by atoms with van der Waals surface area (Å²) in [5, 5.41) is 19.2. The fourth-order valence-corrected chi connectivity index (χ4v) is 2.15. The maximum absolute atomic E-state index is 11.8. The average Bonchev–Trinajstić information content (AvgIpc) is 3.03. The van der Waals surface area contributed by atoms with Crippen LogP contribution in [0.2, 0.25) is 0 Å². The molecule has 0 amide bonds. The molecular weight excluding hydrogens is 320 g/mol. The molecule has 0 bridgehead atoms. The van der Waals surface area contributed by atoms with Gasteiger partial charge in [-0.3, -0.25) is 9.59 Å². The zero-order chi connectivity index (χ0) is 18.6. The first-order chi connectivity index (χ1) is 11.7. The monoisotopic (exact) mass is 340 g/mol. The number of aromatic amines is 2. The highest BCUT2D eigenvalue weighted by molar-refractivity contribution is 6.04. The van der Waals surface area contributed by atoms with E-state index >= 15 is 0 Å². The van der Waals surface area contributed by atoms with Gasteiger partial charge in [-0.05, 0) is 38.1 Å². The Balaban J connectivity index is 0.000000399. The Hall–Kier alpha value is -3.04. The molecule has 6 heteroatoms. The van der Waals surface area contributed by atoms with Crippen LogP contribution in [0.4, 0.5) is 0 Å². The summed E-state index contributed by atoms with van der Waals surface area (Å²) < 4.78 is 0. The van der Waals surface area contributed by atoms with E-state index in [1.165, 1.54) is 0 Å². The molecule has 0 spiro atoms. The Morgan fingerprint density at radius 1 is 1.24 bits per heavy atom. The van der Waals surface area contributed by atoms with Crippen LogP contribution < -0.4 is 5.56 Å². The standard InChI is InChI=1S/C16H14N2O2.C3H6O2/c1-16(2,20)7-5-10-3-4-13-12(9-10)11-6-8-17-14(11)15(19)18-13;1-2-3(4)5/h3-4,6,8-9,17,20H,1-2H3,(H,18,19);2H2,1H3,(H,4,5). The number of carboxylic acids is 1. The van der Waals surface area contributed by atoms with Gasteiger partial charge in [0.2, 0.25) is 0 Å². The summed E-state index contributed by atoms with van der Waals surface area (Å²) in [5.74, 6) is 4.98. The highest BCUT2D eigenvalue weighted by Crippen LogP contribution is 2.21. The lowest BCUT2D eigenvalue weighted by Gasteiger charge is -2.06. The molecule has 0 atom stereocenters. The Morgan fingerprint density at radius 3 is 2.52 bits per heavy atom. The quantitative estimate of drug-likeness (QED) is 0.511. The minimum atomic E-state index is -1.02. The molecule has 0 unspecified atom stereocenters. The van der Waals surface area contributed by atoms with Gasteiger partial charge in [0.25, 0.3) is 5.56 Å². The largest absolute Gasteiger partial charge is 0.481 e. The predicted octanol–water partition coefficient (Wildman–Crippen LogP) is 2.61. The highest BCUT2D eigenvalue weighted by atomic mass is 16.4. The number of nitrogens with one attached hydrogen (secondary N) is 2. The minimum Gasteiger partial charge on any atom is -0.481 e. The number of pyridine rings is 1. The number of rotatable bonds is 1. The first-order valence-corrected chi connectivity index (χ1v) is 7.81. The number of hydrogen-bond donors (Lipinski definition) is 4. The van der Waals surface area contributed by atoms with Crippen LogP contribution >= 0.6 is 0 Å². The third kappa shape index (κ3) is 4.72. The second-order valence-electron chi connectivity index (χ2n) is 6.04. The number of carboxylic acid groups (broad SMARTS) is 1. The van der Waals surface area contributed by atoms with Gasteiger partial charge in [0.15, 0.2) is 0 Å². The van der Waals surface area contributed by atoms with E-state index < -0.39 is 11.6 Å². The molecule has 0 radical (unpaired) electrons. The van der Waals surface area contributed by atoms with Crippen LogP contribution in [0.3, 0.4) is 0 Å². The van der Waals surface area contributed by atoms with Crippen LogP contribution in [0.1, 0.15) is 32.8 Å². The fourth-order valence-electron chi connectivity index (χ4n) is 2.15. The number of aliphatic hydroxyl groups is 1. The number of carbonyl (C=O) groups is 1. The lowest BCUT2D eigenvalue weighted by molar-refractivity contribution is -0.136. The molecule has 1 aromatic carbocycles. The first kappa shape index (κ1) is 18.3. The lowest BCUT2D eigenvalue weighted by atomic mass is 10.1. The Bertz CT molecular complexity index is 1030. The first-order valence-electron chi connectivity index (χ1n) is 7.81. The Kier molecular flexibility index (Phi) is 5.30. The molecule has 2 aromatic heterocycles. The van der Waals surface area contributed by atoms with E-state index in [1.807, 2.05) is 24.3 Å². The number of aliphatic carboxylic acids is 1. The van der Waals surface area contributed by atoms with Crippen molar-refractivity contribution < 1.29 is 15.0 Å². The van der Waals surface area contributed by atoms with Crippen molar-refractivity contribution >= 4 is 27.8 Å². The van der Waals surface area contributed by atoms with Crippen molar-refractivity contribution in [1.29, 1.82) is 0 Å². The zero-order valence-electron chi connectivity index (χ0n) is 14.3. The van der Waals surface area contributed by atoms with Gasteiger partial charge >= 0.3 is 5.97 Å². The van der Waals surface area contributed by atoms with Crippen molar-refractivity contribution in [2.24, 2.45) is 0 Å². The summed E-state index contributed by atoms with van der Waals surface area (Å²) in [6.45, 7) is 4.88. The summed E-state index contributed by atoms with van der Waals surface area (Å²) in [5.41, 5.74) is 0.978. The van der Waals surface area contributed by atoms with Crippen molar-refractivity contribution in [2.75, 3.05) is 0 Å². The van der Waals surface area contributed by atoms with Gasteiger partial charge in [-0.25, -0.2) is 0 Å². The van der Waals surface area contributed by atoms with Gasteiger partial charge in [-0.2, -0.15) is 0 Å².